The summed E-state index contributed by atoms with van der Waals surface area (Å²) in [5.41, 5.74) is 2.47. The highest BCUT2D eigenvalue weighted by molar-refractivity contribution is 7.88. The predicted molar refractivity (Wildman–Crippen MR) is 90.1 cm³/mol. The molecule has 3 nitrogen and oxygen atoms in total. The van der Waals surface area contributed by atoms with E-state index in [0.29, 0.717) is 10.6 Å². The van der Waals surface area contributed by atoms with Crippen LogP contribution in [-0.4, -0.2) is 15.0 Å². The van der Waals surface area contributed by atoms with Gasteiger partial charge in [-0.25, -0.2) is 13.1 Å². The molecule has 0 heterocycles. The first-order chi connectivity index (χ1) is 10.5. The fourth-order valence-electron chi connectivity index (χ4n) is 1.92. The molecule has 0 aliphatic heterocycles. The van der Waals surface area contributed by atoms with E-state index in [-0.39, 0.29) is 12.3 Å². The third-order valence-electron chi connectivity index (χ3n) is 2.92. The van der Waals surface area contributed by atoms with Gasteiger partial charge in [-0.15, -0.1) is 0 Å². The Morgan fingerprint density at radius 2 is 1.91 bits per heavy atom. The molecule has 0 saturated carbocycles. The lowest BCUT2D eigenvalue weighted by molar-refractivity contribution is 0.585. The van der Waals surface area contributed by atoms with Gasteiger partial charge in [-0.1, -0.05) is 65.4 Å². The standard InChI is InChI=1S/C17H16ClNO2S/c1-14-6-4-7-15(12-14)13-22(20,21)19-11-5-9-16-8-2-3-10-17(16)18/h2-4,6-8,10,12,19H,11,13H2,1H3. The maximum absolute atomic E-state index is 12.0. The molecule has 0 aromatic heterocycles. The van der Waals surface area contributed by atoms with Crippen molar-refractivity contribution in [3.05, 3.63) is 70.2 Å². The quantitative estimate of drug-likeness (QED) is 0.874. The lowest BCUT2D eigenvalue weighted by Gasteiger charge is -2.04. The molecule has 22 heavy (non-hydrogen) atoms. The first kappa shape index (κ1) is 16.6. The van der Waals surface area contributed by atoms with Crippen LogP contribution in [0.3, 0.4) is 0 Å². The monoisotopic (exact) mass is 333 g/mol. The summed E-state index contributed by atoms with van der Waals surface area (Å²) in [4.78, 5) is 0. The minimum atomic E-state index is -3.40. The van der Waals surface area contributed by atoms with Gasteiger partial charge in [0.25, 0.3) is 0 Å². The molecule has 0 saturated heterocycles. The Morgan fingerprint density at radius 1 is 1.14 bits per heavy atom. The highest BCUT2D eigenvalue weighted by Gasteiger charge is 2.10. The highest BCUT2D eigenvalue weighted by Crippen LogP contribution is 2.12. The Labute approximate surface area is 136 Å². The third kappa shape index (κ3) is 5.19. The van der Waals surface area contributed by atoms with Crippen molar-refractivity contribution in [3.8, 4) is 11.8 Å². The molecule has 0 amide bonds. The van der Waals surface area contributed by atoms with Crippen LogP contribution in [-0.2, 0) is 15.8 Å². The zero-order valence-corrected chi connectivity index (χ0v) is 13.7. The first-order valence-corrected chi connectivity index (χ1v) is 8.75. The van der Waals surface area contributed by atoms with Gasteiger partial charge < -0.3 is 0 Å². The van der Waals surface area contributed by atoms with Gasteiger partial charge in [0.05, 0.1) is 17.3 Å². The van der Waals surface area contributed by atoms with Crippen LogP contribution in [0.1, 0.15) is 16.7 Å². The summed E-state index contributed by atoms with van der Waals surface area (Å²) < 4.78 is 26.4. The summed E-state index contributed by atoms with van der Waals surface area (Å²) in [7, 11) is -3.40. The molecule has 0 aliphatic rings. The fraction of sp³-hybridized carbons (Fsp3) is 0.176. The summed E-state index contributed by atoms with van der Waals surface area (Å²) in [6.45, 7) is 1.98. The van der Waals surface area contributed by atoms with Gasteiger partial charge in [-0.2, -0.15) is 0 Å². The van der Waals surface area contributed by atoms with Gasteiger partial charge in [0.15, 0.2) is 0 Å². The summed E-state index contributed by atoms with van der Waals surface area (Å²) in [5, 5.41) is 0.553. The Hall–Kier alpha value is -1.80. The number of nitrogens with one attached hydrogen (secondary N) is 1. The number of aryl methyl sites for hydroxylation is 1. The van der Waals surface area contributed by atoms with Gasteiger partial charge >= 0.3 is 0 Å². The van der Waals surface area contributed by atoms with E-state index in [1.165, 1.54) is 0 Å². The average Bonchev–Trinajstić information content (AvgIpc) is 2.45. The van der Waals surface area contributed by atoms with Gasteiger partial charge in [0, 0.05) is 5.56 Å². The Kier molecular flexibility index (Phi) is 5.62. The zero-order valence-electron chi connectivity index (χ0n) is 12.1. The Bertz CT molecular complexity index is 820. The maximum atomic E-state index is 12.0. The van der Waals surface area contributed by atoms with Gasteiger partial charge in [0.2, 0.25) is 10.0 Å². The van der Waals surface area contributed by atoms with Crippen LogP contribution in [0.5, 0.6) is 0 Å². The smallest absolute Gasteiger partial charge is 0.212 e. The molecule has 114 valence electrons. The van der Waals surface area contributed by atoms with Crippen molar-refractivity contribution in [3.63, 3.8) is 0 Å². The third-order valence-corrected chi connectivity index (χ3v) is 4.54. The first-order valence-electron chi connectivity index (χ1n) is 6.72. The largest absolute Gasteiger partial charge is 0.216 e. The Balaban J connectivity index is 1.95. The summed E-state index contributed by atoms with van der Waals surface area (Å²) in [5.74, 6) is 5.57. The molecule has 0 fully saturated rings. The van der Waals surface area contributed by atoms with Gasteiger partial charge in [0.1, 0.15) is 0 Å². The number of halogens is 1. The number of benzene rings is 2. The average molecular weight is 334 g/mol. The summed E-state index contributed by atoms with van der Waals surface area (Å²) in [6, 6.07) is 14.6. The fourth-order valence-corrected chi connectivity index (χ4v) is 3.12. The molecule has 0 unspecified atom stereocenters. The van der Waals surface area contributed by atoms with Crippen molar-refractivity contribution in [1.29, 1.82) is 0 Å². The SMILES string of the molecule is Cc1cccc(CS(=O)(=O)NCC#Cc2ccccc2Cl)c1. The van der Waals surface area contributed by atoms with Crippen molar-refractivity contribution in [1.82, 2.24) is 4.72 Å². The minimum absolute atomic E-state index is 0.0531. The van der Waals surface area contributed by atoms with E-state index in [4.69, 9.17) is 11.6 Å². The normalized spacial score (nSPS) is 10.8. The van der Waals surface area contributed by atoms with E-state index in [1.807, 2.05) is 37.3 Å². The molecule has 1 N–H and O–H groups in total. The lowest BCUT2D eigenvalue weighted by atomic mass is 10.2. The van der Waals surface area contributed by atoms with E-state index in [0.717, 1.165) is 11.1 Å². The van der Waals surface area contributed by atoms with Crippen LogP contribution in [0, 0.1) is 18.8 Å². The van der Waals surface area contributed by atoms with Crippen LogP contribution >= 0.6 is 11.6 Å². The van der Waals surface area contributed by atoms with E-state index in [2.05, 4.69) is 16.6 Å². The lowest BCUT2D eigenvalue weighted by Crippen LogP contribution is -2.25. The molecule has 2 aromatic rings. The van der Waals surface area contributed by atoms with Crippen LogP contribution < -0.4 is 4.72 Å². The molecule has 2 rings (SSSR count). The van der Waals surface area contributed by atoms with Crippen molar-refractivity contribution >= 4 is 21.6 Å². The molecular formula is C17H16ClNO2S. The molecule has 0 radical (unpaired) electrons. The second-order valence-electron chi connectivity index (χ2n) is 4.85. The number of sulfonamides is 1. The maximum Gasteiger partial charge on any atom is 0.216 e. The van der Waals surface area contributed by atoms with Gasteiger partial charge in [-0.05, 0) is 24.6 Å². The number of rotatable bonds is 4. The van der Waals surface area contributed by atoms with Crippen molar-refractivity contribution in [2.24, 2.45) is 0 Å². The number of hydrogen-bond donors (Lipinski definition) is 1. The van der Waals surface area contributed by atoms with Crippen LogP contribution in [0.15, 0.2) is 48.5 Å². The second kappa shape index (κ2) is 7.46. The molecule has 0 atom stereocenters. The van der Waals surface area contributed by atoms with E-state index >= 15 is 0 Å². The predicted octanol–water partition coefficient (Wildman–Crippen LogP) is 3.12. The molecular weight excluding hydrogens is 318 g/mol. The minimum Gasteiger partial charge on any atom is -0.212 e. The summed E-state index contributed by atoms with van der Waals surface area (Å²) >= 11 is 5.97. The van der Waals surface area contributed by atoms with Crippen molar-refractivity contribution in [2.75, 3.05) is 6.54 Å². The molecule has 0 bridgehead atoms. The van der Waals surface area contributed by atoms with Crippen LogP contribution in [0.2, 0.25) is 5.02 Å². The summed E-state index contributed by atoms with van der Waals surface area (Å²) in [6.07, 6.45) is 0. The van der Waals surface area contributed by atoms with Crippen LogP contribution in [0.25, 0.3) is 0 Å². The molecule has 2 aromatic carbocycles. The Morgan fingerprint density at radius 3 is 2.64 bits per heavy atom. The molecule has 0 aliphatic carbocycles. The van der Waals surface area contributed by atoms with E-state index in [9.17, 15) is 8.42 Å². The topological polar surface area (TPSA) is 46.2 Å². The van der Waals surface area contributed by atoms with Crippen LogP contribution in [0.4, 0.5) is 0 Å². The van der Waals surface area contributed by atoms with Crippen molar-refractivity contribution < 1.29 is 8.42 Å². The van der Waals surface area contributed by atoms with E-state index < -0.39 is 10.0 Å². The zero-order chi connectivity index (χ0) is 16.0. The van der Waals surface area contributed by atoms with Gasteiger partial charge in [-0.3, -0.25) is 0 Å². The van der Waals surface area contributed by atoms with Crippen molar-refractivity contribution in [2.45, 2.75) is 12.7 Å². The highest BCUT2D eigenvalue weighted by atomic mass is 35.5. The number of hydrogen-bond acceptors (Lipinski definition) is 2. The molecule has 5 heteroatoms. The molecule has 0 spiro atoms. The second-order valence-corrected chi connectivity index (χ2v) is 7.06. The van der Waals surface area contributed by atoms with E-state index in [1.54, 1.807) is 18.2 Å².